The Hall–Kier alpha value is -2.81. The van der Waals surface area contributed by atoms with Crippen LogP contribution in [-0.2, 0) is 4.79 Å². The number of hydrogen-bond donors (Lipinski definition) is 3. The van der Waals surface area contributed by atoms with E-state index in [1.807, 2.05) is 23.6 Å². The molecule has 3 amide bonds. The average Bonchev–Trinajstić information content (AvgIpc) is 3.41. The van der Waals surface area contributed by atoms with Gasteiger partial charge in [0.2, 0.25) is 12.7 Å². The smallest absolute Gasteiger partial charge is 0.315 e. The monoisotopic (exact) mass is 430 g/mol. The van der Waals surface area contributed by atoms with E-state index < -0.39 is 0 Å². The van der Waals surface area contributed by atoms with Crippen LogP contribution in [0.3, 0.4) is 0 Å². The number of fused-ring (bicyclic) bond motifs is 1. The van der Waals surface area contributed by atoms with Crippen molar-refractivity contribution in [2.45, 2.75) is 51.0 Å². The molecule has 30 heavy (non-hydrogen) atoms. The summed E-state index contributed by atoms with van der Waals surface area (Å²) in [5.74, 6) is 1.31. The normalized spacial score (nSPS) is 15.6. The van der Waals surface area contributed by atoms with E-state index in [1.165, 1.54) is 30.6 Å². The molecular formula is C21H26N4O4S. The zero-order chi connectivity index (χ0) is 20.8. The molecule has 0 atom stereocenters. The van der Waals surface area contributed by atoms with E-state index in [0.29, 0.717) is 30.3 Å². The highest BCUT2D eigenvalue weighted by atomic mass is 32.1. The third kappa shape index (κ3) is 5.41. The van der Waals surface area contributed by atoms with E-state index in [4.69, 9.17) is 9.47 Å². The second-order valence-corrected chi connectivity index (χ2v) is 8.35. The first-order valence-electron chi connectivity index (χ1n) is 10.4. The van der Waals surface area contributed by atoms with Gasteiger partial charge in [0.15, 0.2) is 16.6 Å². The van der Waals surface area contributed by atoms with Crippen molar-refractivity contribution in [3.8, 4) is 22.8 Å². The molecule has 3 N–H and O–H groups in total. The molecule has 9 heteroatoms. The van der Waals surface area contributed by atoms with Crippen LogP contribution in [-0.4, -0.2) is 36.3 Å². The number of ether oxygens (including phenoxy) is 2. The van der Waals surface area contributed by atoms with Crippen molar-refractivity contribution in [2.24, 2.45) is 0 Å². The molecule has 4 rings (SSSR count). The topological polar surface area (TPSA) is 102 Å². The molecule has 0 bridgehead atoms. The van der Waals surface area contributed by atoms with Crippen molar-refractivity contribution < 1.29 is 19.1 Å². The summed E-state index contributed by atoms with van der Waals surface area (Å²) in [5, 5.41) is 11.1. The molecule has 1 fully saturated rings. The molecule has 0 radical (unpaired) electrons. The minimum absolute atomic E-state index is 0.115. The third-order valence-electron chi connectivity index (χ3n) is 5.23. The van der Waals surface area contributed by atoms with Gasteiger partial charge >= 0.3 is 6.03 Å². The second-order valence-electron chi connectivity index (χ2n) is 7.49. The Morgan fingerprint density at radius 3 is 2.83 bits per heavy atom. The molecule has 0 spiro atoms. The van der Waals surface area contributed by atoms with Gasteiger partial charge in [0.1, 0.15) is 0 Å². The first-order valence-corrected chi connectivity index (χ1v) is 11.2. The van der Waals surface area contributed by atoms with Gasteiger partial charge < -0.3 is 25.4 Å². The number of anilines is 1. The number of rotatable bonds is 7. The minimum Gasteiger partial charge on any atom is -0.454 e. The molecule has 0 saturated heterocycles. The molecule has 1 aliphatic carbocycles. The number of carbonyl (C=O) groups is 2. The van der Waals surface area contributed by atoms with Crippen molar-refractivity contribution in [2.75, 3.05) is 18.7 Å². The Balaban J connectivity index is 1.17. The summed E-state index contributed by atoms with van der Waals surface area (Å²) < 4.78 is 10.7. The Bertz CT molecular complexity index is 895. The van der Waals surface area contributed by atoms with Crippen LogP contribution in [0.15, 0.2) is 23.6 Å². The van der Waals surface area contributed by atoms with Crippen LogP contribution in [0.5, 0.6) is 11.5 Å². The fourth-order valence-electron chi connectivity index (χ4n) is 3.64. The molecule has 1 aromatic carbocycles. The summed E-state index contributed by atoms with van der Waals surface area (Å²) in [6.45, 7) is 0.695. The standard InChI is InChI=1S/C21H26N4O4S/c26-19(7-4-10-22-20(27)23-15-5-2-1-3-6-15)25-21-24-16(12-30-21)14-8-9-17-18(11-14)29-13-28-17/h8-9,11-12,15H,1-7,10,13H2,(H2,22,23,27)(H,24,25,26). The van der Waals surface area contributed by atoms with E-state index in [9.17, 15) is 9.59 Å². The summed E-state index contributed by atoms with van der Waals surface area (Å²) in [6, 6.07) is 5.79. The molecule has 0 unspecified atom stereocenters. The zero-order valence-corrected chi connectivity index (χ0v) is 17.6. The molecule has 2 aromatic rings. The first kappa shape index (κ1) is 20.5. The summed E-state index contributed by atoms with van der Waals surface area (Å²) in [6.07, 6.45) is 6.62. The molecule has 1 aliphatic heterocycles. The number of thiazole rings is 1. The maximum absolute atomic E-state index is 12.2. The Labute approximate surface area is 179 Å². The molecule has 1 saturated carbocycles. The molecule has 2 heterocycles. The summed E-state index contributed by atoms with van der Waals surface area (Å²) in [4.78, 5) is 28.5. The van der Waals surface area contributed by atoms with E-state index >= 15 is 0 Å². The number of carbonyl (C=O) groups excluding carboxylic acids is 2. The van der Waals surface area contributed by atoms with Gasteiger partial charge in [-0.05, 0) is 37.5 Å². The van der Waals surface area contributed by atoms with Crippen LogP contribution >= 0.6 is 11.3 Å². The van der Waals surface area contributed by atoms with Gasteiger partial charge in [-0.25, -0.2) is 9.78 Å². The SMILES string of the molecule is O=C(CCCNC(=O)NC1CCCCC1)Nc1nc(-c2ccc3c(c2)OCO3)cs1. The Morgan fingerprint density at radius 2 is 1.97 bits per heavy atom. The highest BCUT2D eigenvalue weighted by Crippen LogP contribution is 2.36. The average molecular weight is 431 g/mol. The van der Waals surface area contributed by atoms with Gasteiger partial charge in [0.05, 0.1) is 5.69 Å². The Kier molecular flexibility index (Phi) is 6.68. The van der Waals surface area contributed by atoms with E-state index in [1.54, 1.807) is 0 Å². The second kappa shape index (κ2) is 9.80. The summed E-state index contributed by atoms with van der Waals surface area (Å²) >= 11 is 1.37. The van der Waals surface area contributed by atoms with Crippen LogP contribution in [0.4, 0.5) is 9.93 Å². The summed E-state index contributed by atoms with van der Waals surface area (Å²) in [5.41, 5.74) is 1.68. The van der Waals surface area contributed by atoms with E-state index in [-0.39, 0.29) is 24.8 Å². The largest absolute Gasteiger partial charge is 0.454 e. The third-order valence-corrected chi connectivity index (χ3v) is 5.98. The number of benzene rings is 1. The lowest BCUT2D eigenvalue weighted by molar-refractivity contribution is -0.116. The van der Waals surface area contributed by atoms with E-state index in [0.717, 1.165) is 29.8 Å². The minimum atomic E-state index is -0.143. The van der Waals surface area contributed by atoms with Crippen molar-refractivity contribution in [1.82, 2.24) is 15.6 Å². The highest BCUT2D eigenvalue weighted by Gasteiger charge is 2.16. The molecule has 8 nitrogen and oxygen atoms in total. The quantitative estimate of drug-likeness (QED) is 0.579. The van der Waals surface area contributed by atoms with Crippen molar-refractivity contribution in [1.29, 1.82) is 0 Å². The van der Waals surface area contributed by atoms with Gasteiger partial charge in [-0.1, -0.05) is 19.3 Å². The molecule has 2 aliphatic rings. The van der Waals surface area contributed by atoms with Gasteiger partial charge in [-0.15, -0.1) is 11.3 Å². The number of aromatic nitrogens is 1. The van der Waals surface area contributed by atoms with Crippen LogP contribution in [0, 0.1) is 0 Å². The van der Waals surface area contributed by atoms with Crippen LogP contribution in [0.25, 0.3) is 11.3 Å². The van der Waals surface area contributed by atoms with Crippen molar-refractivity contribution in [3.63, 3.8) is 0 Å². The molecule has 160 valence electrons. The lowest BCUT2D eigenvalue weighted by Gasteiger charge is -2.22. The van der Waals surface area contributed by atoms with Gasteiger partial charge in [-0.2, -0.15) is 0 Å². The van der Waals surface area contributed by atoms with Crippen LogP contribution in [0.2, 0.25) is 0 Å². The lowest BCUT2D eigenvalue weighted by atomic mass is 9.96. The maximum atomic E-state index is 12.2. The lowest BCUT2D eigenvalue weighted by Crippen LogP contribution is -2.43. The predicted molar refractivity (Wildman–Crippen MR) is 115 cm³/mol. The van der Waals surface area contributed by atoms with E-state index in [2.05, 4.69) is 20.9 Å². The van der Waals surface area contributed by atoms with Crippen LogP contribution < -0.4 is 25.4 Å². The first-order chi connectivity index (χ1) is 14.7. The van der Waals surface area contributed by atoms with Crippen LogP contribution in [0.1, 0.15) is 44.9 Å². The van der Waals surface area contributed by atoms with Crippen molar-refractivity contribution in [3.05, 3.63) is 23.6 Å². The highest BCUT2D eigenvalue weighted by molar-refractivity contribution is 7.14. The van der Waals surface area contributed by atoms with Gasteiger partial charge in [0.25, 0.3) is 0 Å². The number of amides is 3. The number of nitrogens with zero attached hydrogens (tertiary/aromatic N) is 1. The molecular weight excluding hydrogens is 404 g/mol. The van der Waals surface area contributed by atoms with Gasteiger partial charge in [0, 0.05) is 30.0 Å². The van der Waals surface area contributed by atoms with Gasteiger partial charge in [-0.3, -0.25) is 4.79 Å². The summed E-state index contributed by atoms with van der Waals surface area (Å²) in [7, 11) is 0. The Morgan fingerprint density at radius 1 is 1.13 bits per heavy atom. The predicted octanol–water partition coefficient (Wildman–Crippen LogP) is 3.89. The molecule has 1 aromatic heterocycles. The maximum Gasteiger partial charge on any atom is 0.315 e. The fraction of sp³-hybridized carbons (Fsp3) is 0.476. The zero-order valence-electron chi connectivity index (χ0n) is 16.7. The fourth-order valence-corrected chi connectivity index (χ4v) is 4.37. The number of hydrogen-bond acceptors (Lipinski definition) is 6. The number of nitrogens with one attached hydrogen (secondary N) is 3. The van der Waals surface area contributed by atoms with Crippen molar-refractivity contribution >= 4 is 28.4 Å². The number of urea groups is 1.